The molecule has 0 fully saturated rings. The van der Waals surface area contributed by atoms with Crippen LogP contribution in [0.15, 0.2) is 24.6 Å². The van der Waals surface area contributed by atoms with Crippen LogP contribution in [-0.2, 0) is 24.4 Å². The normalized spacial score (nSPS) is 10.3. The Morgan fingerprint density at radius 1 is 0.933 bits per heavy atom. The molecule has 0 aliphatic heterocycles. The number of hydrogen-bond acceptors (Lipinski definition) is 9. The molecular formula is C6H8N2O7. The Kier molecular flexibility index (Phi) is 7.31. The van der Waals surface area contributed by atoms with Crippen molar-refractivity contribution in [2.24, 2.45) is 0 Å². The fraction of sp³-hybridized carbons (Fsp3) is 0. The Morgan fingerprint density at radius 3 is 1.67 bits per heavy atom. The van der Waals surface area contributed by atoms with Crippen LogP contribution in [0.2, 0.25) is 0 Å². The first-order valence-electron chi connectivity index (χ1n) is 3.42. The van der Waals surface area contributed by atoms with Crippen molar-refractivity contribution in [3.8, 4) is 0 Å². The monoisotopic (exact) mass is 220 g/mol. The van der Waals surface area contributed by atoms with Crippen LogP contribution in [0.3, 0.4) is 0 Å². The lowest BCUT2D eigenvalue weighted by atomic mass is 10.6. The van der Waals surface area contributed by atoms with Gasteiger partial charge in [-0.15, -0.1) is 0 Å². The SMILES string of the molecule is O=C(C=CNO)OOOC(=O)C=CNO. The lowest BCUT2D eigenvalue weighted by Crippen LogP contribution is -2.08. The van der Waals surface area contributed by atoms with Crippen LogP contribution < -0.4 is 11.0 Å². The Morgan fingerprint density at radius 2 is 1.33 bits per heavy atom. The van der Waals surface area contributed by atoms with Crippen molar-refractivity contribution >= 4 is 11.9 Å². The molecule has 0 atom stereocenters. The topological polar surface area (TPSA) is 126 Å². The van der Waals surface area contributed by atoms with Crippen LogP contribution in [-0.4, -0.2) is 22.4 Å². The number of rotatable bonds is 6. The zero-order valence-corrected chi connectivity index (χ0v) is 7.25. The summed E-state index contributed by atoms with van der Waals surface area (Å²) < 4.78 is 0. The van der Waals surface area contributed by atoms with Crippen LogP contribution in [0.1, 0.15) is 0 Å². The summed E-state index contributed by atoms with van der Waals surface area (Å²) in [5, 5.41) is 19.8. The molecule has 0 amide bonds. The van der Waals surface area contributed by atoms with Gasteiger partial charge in [0.2, 0.25) is 0 Å². The molecule has 0 aromatic heterocycles. The Hall–Kier alpha value is -2.10. The molecule has 0 heterocycles. The van der Waals surface area contributed by atoms with Crippen molar-refractivity contribution in [1.29, 1.82) is 0 Å². The second kappa shape index (κ2) is 8.50. The molecule has 84 valence electrons. The van der Waals surface area contributed by atoms with Gasteiger partial charge in [-0.1, -0.05) is 0 Å². The summed E-state index contributed by atoms with van der Waals surface area (Å²) in [4.78, 5) is 28.8. The molecule has 0 aromatic carbocycles. The van der Waals surface area contributed by atoms with E-state index in [1.807, 2.05) is 0 Å². The molecule has 0 rings (SSSR count). The van der Waals surface area contributed by atoms with Crippen LogP contribution in [0.4, 0.5) is 0 Å². The molecule has 0 unspecified atom stereocenters. The van der Waals surface area contributed by atoms with Gasteiger partial charge in [0.15, 0.2) is 0 Å². The molecule has 0 saturated carbocycles. The van der Waals surface area contributed by atoms with Gasteiger partial charge >= 0.3 is 11.9 Å². The van der Waals surface area contributed by atoms with E-state index in [9.17, 15) is 9.59 Å². The van der Waals surface area contributed by atoms with Gasteiger partial charge in [-0.05, 0) is 0 Å². The molecule has 15 heavy (non-hydrogen) atoms. The third-order valence-corrected chi connectivity index (χ3v) is 0.820. The highest BCUT2D eigenvalue weighted by molar-refractivity contribution is 5.82. The zero-order valence-electron chi connectivity index (χ0n) is 7.25. The average molecular weight is 220 g/mol. The molecule has 0 aliphatic carbocycles. The summed E-state index contributed by atoms with van der Waals surface area (Å²) in [7, 11) is 0. The van der Waals surface area contributed by atoms with E-state index < -0.39 is 11.9 Å². The Balaban J connectivity index is 3.61. The molecular weight excluding hydrogens is 212 g/mol. The van der Waals surface area contributed by atoms with Gasteiger partial charge in [0, 0.05) is 29.6 Å². The molecule has 0 aliphatic rings. The van der Waals surface area contributed by atoms with Crippen molar-refractivity contribution in [1.82, 2.24) is 11.0 Å². The smallest absolute Gasteiger partial charge is 0.292 e. The maximum Gasteiger partial charge on any atom is 0.371 e. The fourth-order valence-electron chi connectivity index (χ4n) is 0.350. The van der Waals surface area contributed by atoms with Crippen molar-refractivity contribution in [3.63, 3.8) is 0 Å². The van der Waals surface area contributed by atoms with E-state index in [-0.39, 0.29) is 0 Å². The predicted octanol–water partition coefficient (Wildman–Crippen LogP) is -1.10. The molecule has 9 nitrogen and oxygen atoms in total. The lowest BCUT2D eigenvalue weighted by Gasteiger charge is -1.96. The van der Waals surface area contributed by atoms with E-state index in [1.54, 1.807) is 0 Å². The van der Waals surface area contributed by atoms with E-state index in [1.165, 1.54) is 11.0 Å². The summed E-state index contributed by atoms with van der Waals surface area (Å²) in [6.07, 6.45) is 3.23. The summed E-state index contributed by atoms with van der Waals surface area (Å²) in [5.41, 5.74) is 3.07. The van der Waals surface area contributed by atoms with Crippen molar-refractivity contribution in [2.75, 3.05) is 0 Å². The third-order valence-electron chi connectivity index (χ3n) is 0.820. The molecule has 0 saturated heterocycles. The highest BCUT2D eigenvalue weighted by atomic mass is 17.5. The van der Waals surface area contributed by atoms with E-state index >= 15 is 0 Å². The number of nitrogens with one attached hydrogen (secondary N) is 2. The summed E-state index contributed by atoms with van der Waals surface area (Å²) >= 11 is 0. The fourth-order valence-corrected chi connectivity index (χ4v) is 0.350. The minimum absolute atomic E-state index is 0.763. The van der Waals surface area contributed by atoms with Crippen molar-refractivity contribution < 1.29 is 34.8 Å². The number of carbonyl (C=O) groups is 2. The second-order valence-electron chi connectivity index (χ2n) is 1.80. The standard InChI is InChI=1S/C6H8N2O7/c9-5(1-3-7-11)13-15-14-6(10)2-4-8-12/h1-4,7-8,11-12H. The van der Waals surface area contributed by atoms with E-state index in [2.05, 4.69) is 14.8 Å². The van der Waals surface area contributed by atoms with Gasteiger partial charge in [0.1, 0.15) is 0 Å². The summed E-state index contributed by atoms with van der Waals surface area (Å²) in [6.45, 7) is 0. The minimum atomic E-state index is -1.02. The number of carbonyl (C=O) groups excluding carboxylic acids is 2. The molecule has 0 aromatic rings. The van der Waals surface area contributed by atoms with Crippen LogP contribution in [0.5, 0.6) is 0 Å². The quantitative estimate of drug-likeness (QED) is 0.250. The predicted molar refractivity (Wildman–Crippen MR) is 41.4 cm³/mol. The molecule has 0 bridgehead atoms. The molecule has 0 radical (unpaired) electrons. The summed E-state index contributed by atoms with van der Waals surface area (Å²) in [5.74, 6) is -2.04. The minimum Gasteiger partial charge on any atom is -0.292 e. The first kappa shape index (κ1) is 12.9. The lowest BCUT2D eigenvalue weighted by molar-refractivity contribution is -0.455. The van der Waals surface area contributed by atoms with E-state index in [0.29, 0.717) is 0 Å². The van der Waals surface area contributed by atoms with Crippen LogP contribution in [0.25, 0.3) is 0 Å². The summed E-state index contributed by atoms with van der Waals surface area (Å²) in [6, 6.07) is 0. The van der Waals surface area contributed by atoms with Gasteiger partial charge in [0.25, 0.3) is 0 Å². The largest absolute Gasteiger partial charge is 0.371 e. The number of hydrogen-bond donors (Lipinski definition) is 4. The first-order valence-corrected chi connectivity index (χ1v) is 3.42. The maximum atomic E-state index is 10.6. The molecule has 9 heteroatoms. The highest BCUT2D eigenvalue weighted by Gasteiger charge is 2.02. The average Bonchev–Trinajstić information content (AvgIpc) is 2.23. The maximum absolute atomic E-state index is 10.6. The Labute approximate surface area is 83.3 Å². The van der Waals surface area contributed by atoms with E-state index in [0.717, 1.165) is 24.6 Å². The van der Waals surface area contributed by atoms with Gasteiger partial charge in [0.05, 0.1) is 0 Å². The van der Waals surface area contributed by atoms with Gasteiger partial charge in [-0.3, -0.25) is 31.1 Å². The van der Waals surface area contributed by atoms with Crippen molar-refractivity contribution in [3.05, 3.63) is 24.6 Å². The van der Waals surface area contributed by atoms with Crippen LogP contribution >= 0.6 is 0 Å². The van der Waals surface area contributed by atoms with E-state index in [4.69, 9.17) is 10.4 Å². The third kappa shape index (κ3) is 8.24. The van der Waals surface area contributed by atoms with Gasteiger partial charge in [-0.2, -0.15) is 0 Å². The van der Waals surface area contributed by atoms with Gasteiger partial charge in [-0.25, -0.2) is 9.59 Å². The number of hydroxylamine groups is 2. The van der Waals surface area contributed by atoms with Crippen molar-refractivity contribution in [2.45, 2.75) is 0 Å². The molecule has 4 N–H and O–H groups in total. The Bertz CT molecular complexity index is 236. The zero-order chi connectivity index (χ0) is 11.5. The first-order chi connectivity index (χ1) is 7.20. The second-order valence-corrected chi connectivity index (χ2v) is 1.80. The highest BCUT2D eigenvalue weighted by Crippen LogP contribution is 1.87. The molecule has 0 spiro atoms. The van der Waals surface area contributed by atoms with Crippen LogP contribution in [0, 0.1) is 0 Å². The van der Waals surface area contributed by atoms with Gasteiger partial charge < -0.3 is 0 Å².